The Kier molecular flexibility index (Phi) is 3.36. The SMILES string of the molecule is C#Cc1cc(OC2=CC(C)(C)Oc3ccc(C#N)cc32)ns1. The first-order chi connectivity index (χ1) is 10.5. The van der Waals surface area contributed by atoms with Crippen molar-refractivity contribution in [3.8, 4) is 30.0 Å². The number of aromatic nitrogens is 1. The van der Waals surface area contributed by atoms with Crippen molar-refractivity contribution in [2.24, 2.45) is 0 Å². The molecule has 1 aromatic carbocycles. The van der Waals surface area contributed by atoms with Gasteiger partial charge in [0.2, 0.25) is 5.88 Å². The van der Waals surface area contributed by atoms with Gasteiger partial charge >= 0.3 is 0 Å². The number of hydrogen-bond acceptors (Lipinski definition) is 5. The number of benzene rings is 1. The molecule has 2 heterocycles. The number of hydrogen-bond donors (Lipinski definition) is 0. The Labute approximate surface area is 132 Å². The first kappa shape index (κ1) is 14.2. The normalized spacial score (nSPS) is 14.8. The van der Waals surface area contributed by atoms with Gasteiger partial charge in [0, 0.05) is 12.1 Å². The average molecular weight is 308 g/mol. The minimum absolute atomic E-state index is 0.440. The van der Waals surface area contributed by atoms with Crippen LogP contribution in [0.4, 0.5) is 0 Å². The zero-order valence-electron chi connectivity index (χ0n) is 12.1. The molecule has 0 fully saturated rings. The highest BCUT2D eigenvalue weighted by Crippen LogP contribution is 2.37. The summed E-state index contributed by atoms with van der Waals surface area (Å²) in [4.78, 5) is 0.702. The molecule has 2 aromatic rings. The number of ether oxygens (including phenoxy) is 2. The van der Waals surface area contributed by atoms with Crippen molar-refractivity contribution < 1.29 is 9.47 Å². The second-order valence-electron chi connectivity index (χ2n) is 5.31. The maximum absolute atomic E-state index is 9.07. The molecule has 4 nitrogen and oxygen atoms in total. The predicted molar refractivity (Wildman–Crippen MR) is 84.5 cm³/mol. The summed E-state index contributed by atoms with van der Waals surface area (Å²) in [6.45, 7) is 3.87. The second kappa shape index (κ2) is 5.22. The van der Waals surface area contributed by atoms with E-state index in [0.29, 0.717) is 27.8 Å². The Morgan fingerprint density at radius 2 is 2.18 bits per heavy atom. The number of nitrogens with zero attached hydrogens (tertiary/aromatic N) is 2. The highest BCUT2D eigenvalue weighted by Gasteiger charge is 2.28. The third-order valence-corrected chi connectivity index (χ3v) is 3.77. The molecule has 0 amide bonds. The van der Waals surface area contributed by atoms with Gasteiger partial charge in [0.1, 0.15) is 22.0 Å². The zero-order chi connectivity index (χ0) is 15.7. The van der Waals surface area contributed by atoms with Crippen molar-refractivity contribution >= 4 is 17.3 Å². The smallest absolute Gasteiger partial charge is 0.232 e. The van der Waals surface area contributed by atoms with Crippen LogP contribution in [0, 0.1) is 23.7 Å². The number of fused-ring (bicyclic) bond motifs is 1. The van der Waals surface area contributed by atoms with Gasteiger partial charge in [0.15, 0.2) is 0 Å². The molecule has 1 aliphatic rings. The Morgan fingerprint density at radius 3 is 2.86 bits per heavy atom. The lowest BCUT2D eigenvalue weighted by molar-refractivity contribution is 0.154. The summed E-state index contributed by atoms with van der Waals surface area (Å²) in [6, 6.07) is 9.07. The third-order valence-electron chi connectivity index (χ3n) is 3.07. The van der Waals surface area contributed by atoms with Crippen molar-refractivity contribution in [2.45, 2.75) is 19.4 Å². The summed E-state index contributed by atoms with van der Waals surface area (Å²) in [5, 5.41) is 9.07. The molecule has 108 valence electrons. The molecule has 1 aromatic heterocycles. The molecule has 0 saturated carbocycles. The maximum atomic E-state index is 9.07. The van der Waals surface area contributed by atoms with E-state index in [-0.39, 0.29) is 0 Å². The van der Waals surface area contributed by atoms with Crippen LogP contribution in [-0.4, -0.2) is 9.97 Å². The molecule has 0 N–H and O–H groups in total. The van der Waals surface area contributed by atoms with Crippen LogP contribution in [0.3, 0.4) is 0 Å². The summed E-state index contributed by atoms with van der Waals surface area (Å²) < 4.78 is 15.9. The number of rotatable bonds is 2. The zero-order valence-corrected chi connectivity index (χ0v) is 12.9. The van der Waals surface area contributed by atoms with Crippen LogP contribution in [0.1, 0.15) is 29.9 Å². The number of terminal acetylenes is 1. The largest absolute Gasteiger partial charge is 0.483 e. The molecule has 3 rings (SSSR count). The van der Waals surface area contributed by atoms with Gasteiger partial charge < -0.3 is 9.47 Å². The number of nitriles is 1. The Balaban J connectivity index is 2.03. The van der Waals surface area contributed by atoms with E-state index in [1.807, 2.05) is 19.9 Å². The van der Waals surface area contributed by atoms with Gasteiger partial charge in [-0.3, -0.25) is 0 Å². The van der Waals surface area contributed by atoms with E-state index < -0.39 is 5.60 Å². The Morgan fingerprint density at radius 1 is 1.36 bits per heavy atom. The summed E-state index contributed by atoms with van der Waals surface area (Å²) in [5.74, 6) is 4.25. The van der Waals surface area contributed by atoms with Gasteiger partial charge in [-0.1, -0.05) is 5.92 Å². The fraction of sp³-hybridized carbons (Fsp3) is 0.176. The van der Waals surface area contributed by atoms with Crippen molar-refractivity contribution in [3.63, 3.8) is 0 Å². The van der Waals surface area contributed by atoms with Crippen molar-refractivity contribution in [1.82, 2.24) is 4.37 Å². The van der Waals surface area contributed by atoms with Crippen molar-refractivity contribution in [3.05, 3.63) is 46.3 Å². The minimum Gasteiger partial charge on any atom is -0.483 e. The van der Waals surface area contributed by atoms with Crippen LogP contribution in [0.2, 0.25) is 0 Å². The van der Waals surface area contributed by atoms with Gasteiger partial charge in [-0.05, 0) is 43.6 Å². The molecule has 0 bridgehead atoms. The fourth-order valence-corrected chi connectivity index (χ4v) is 2.64. The van der Waals surface area contributed by atoms with Gasteiger partial charge in [-0.2, -0.15) is 9.64 Å². The summed E-state index contributed by atoms with van der Waals surface area (Å²) >= 11 is 1.21. The lowest BCUT2D eigenvalue weighted by Crippen LogP contribution is -2.29. The highest BCUT2D eigenvalue weighted by atomic mass is 32.1. The molecular formula is C17H12N2O2S. The molecule has 0 radical (unpaired) electrons. The van der Waals surface area contributed by atoms with Crippen LogP contribution < -0.4 is 9.47 Å². The highest BCUT2D eigenvalue weighted by molar-refractivity contribution is 7.06. The van der Waals surface area contributed by atoms with Crippen LogP contribution in [0.5, 0.6) is 11.6 Å². The summed E-state index contributed by atoms with van der Waals surface area (Å²) in [5.41, 5.74) is 0.759. The summed E-state index contributed by atoms with van der Waals surface area (Å²) in [7, 11) is 0. The summed E-state index contributed by atoms with van der Waals surface area (Å²) in [6.07, 6.45) is 7.21. The van der Waals surface area contributed by atoms with Crippen molar-refractivity contribution in [2.75, 3.05) is 0 Å². The van der Waals surface area contributed by atoms with Crippen LogP contribution >= 0.6 is 11.5 Å². The van der Waals surface area contributed by atoms with Gasteiger partial charge in [0.25, 0.3) is 0 Å². The lowest BCUT2D eigenvalue weighted by atomic mass is 9.99. The molecule has 1 aliphatic heterocycles. The van der Waals surface area contributed by atoms with Crippen LogP contribution in [0.25, 0.3) is 5.76 Å². The quantitative estimate of drug-likeness (QED) is 0.796. The molecule has 22 heavy (non-hydrogen) atoms. The van der Waals surface area contributed by atoms with Gasteiger partial charge in [0.05, 0.1) is 17.2 Å². The van der Waals surface area contributed by atoms with E-state index in [0.717, 1.165) is 5.56 Å². The van der Waals surface area contributed by atoms with Crippen LogP contribution in [0.15, 0.2) is 30.3 Å². The van der Waals surface area contributed by atoms with E-state index in [1.54, 1.807) is 24.3 Å². The fourth-order valence-electron chi connectivity index (χ4n) is 2.16. The molecule has 0 spiro atoms. The molecular weight excluding hydrogens is 296 g/mol. The topological polar surface area (TPSA) is 55.1 Å². The van der Waals surface area contributed by atoms with E-state index >= 15 is 0 Å². The Hall–Kier alpha value is -2.76. The average Bonchev–Trinajstić information content (AvgIpc) is 2.93. The molecule has 0 aliphatic carbocycles. The predicted octanol–water partition coefficient (Wildman–Crippen LogP) is 3.59. The first-order valence-corrected chi connectivity index (χ1v) is 7.36. The molecule has 0 atom stereocenters. The monoisotopic (exact) mass is 308 g/mol. The Bertz CT molecular complexity index is 850. The van der Waals surface area contributed by atoms with E-state index in [9.17, 15) is 0 Å². The first-order valence-electron chi connectivity index (χ1n) is 6.58. The van der Waals surface area contributed by atoms with E-state index in [2.05, 4.69) is 16.4 Å². The molecule has 0 unspecified atom stereocenters. The molecule has 0 saturated heterocycles. The second-order valence-corrected chi connectivity index (χ2v) is 6.12. The minimum atomic E-state index is -0.512. The van der Waals surface area contributed by atoms with E-state index in [4.69, 9.17) is 21.2 Å². The van der Waals surface area contributed by atoms with Crippen LogP contribution in [-0.2, 0) is 0 Å². The lowest BCUT2D eigenvalue weighted by Gasteiger charge is -2.30. The van der Waals surface area contributed by atoms with Gasteiger partial charge in [-0.25, -0.2) is 0 Å². The van der Waals surface area contributed by atoms with Crippen molar-refractivity contribution in [1.29, 1.82) is 5.26 Å². The molecule has 5 heteroatoms. The third kappa shape index (κ3) is 2.67. The standard InChI is InChI=1S/C17H12N2O2S/c1-4-12-8-16(19-22-12)20-15-9-17(2,3)21-14-6-5-11(10-18)7-13(14)15/h1,5-9H,2-3H3. The van der Waals surface area contributed by atoms with Gasteiger partial charge in [-0.15, -0.1) is 6.42 Å². The maximum Gasteiger partial charge on any atom is 0.232 e. The van der Waals surface area contributed by atoms with E-state index in [1.165, 1.54) is 11.5 Å².